The van der Waals surface area contributed by atoms with Gasteiger partial charge in [0.05, 0.1) is 6.42 Å². The second kappa shape index (κ2) is 3.82. The SMILES string of the molecule is CC(=O)/C=C(/C)CC(=O)O. The first-order valence-corrected chi connectivity index (χ1v) is 2.92. The molecule has 0 aromatic rings. The van der Waals surface area contributed by atoms with Gasteiger partial charge in [-0.25, -0.2) is 0 Å². The molecule has 0 saturated heterocycles. The minimum Gasteiger partial charge on any atom is -0.481 e. The summed E-state index contributed by atoms with van der Waals surface area (Å²) in [5.41, 5.74) is 0.583. The average molecular weight is 142 g/mol. The quantitative estimate of drug-likeness (QED) is 0.598. The van der Waals surface area contributed by atoms with E-state index in [0.717, 1.165) is 0 Å². The number of allylic oxidation sites excluding steroid dienone is 1. The minimum atomic E-state index is -0.907. The van der Waals surface area contributed by atoms with E-state index in [1.54, 1.807) is 6.92 Å². The third kappa shape index (κ3) is 5.03. The molecule has 0 heterocycles. The van der Waals surface area contributed by atoms with E-state index in [4.69, 9.17) is 5.11 Å². The maximum Gasteiger partial charge on any atom is 0.307 e. The zero-order chi connectivity index (χ0) is 8.15. The van der Waals surface area contributed by atoms with Crippen molar-refractivity contribution in [3.05, 3.63) is 11.6 Å². The molecule has 3 heteroatoms. The molecule has 0 aliphatic heterocycles. The van der Waals surface area contributed by atoms with Crippen molar-refractivity contribution >= 4 is 11.8 Å². The summed E-state index contributed by atoms with van der Waals surface area (Å²) in [4.78, 5) is 20.4. The number of carboxylic acids is 1. The Balaban J connectivity index is 3.95. The number of carboxylic acid groups (broad SMARTS) is 1. The fourth-order valence-corrected chi connectivity index (χ4v) is 0.637. The van der Waals surface area contributed by atoms with Gasteiger partial charge in [0.2, 0.25) is 0 Å². The van der Waals surface area contributed by atoms with Gasteiger partial charge in [-0.1, -0.05) is 5.57 Å². The summed E-state index contributed by atoms with van der Waals surface area (Å²) in [6, 6.07) is 0. The van der Waals surface area contributed by atoms with Gasteiger partial charge in [-0.3, -0.25) is 9.59 Å². The molecule has 0 fully saturated rings. The number of hydrogen-bond donors (Lipinski definition) is 1. The first-order valence-electron chi connectivity index (χ1n) is 2.92. The lowest BCUT2D eigenvalue weighted by Crippen LogP contribution is -1.96. The van der Waals surface area contributed by atoms with E-state index in [-0.39, 0.29) is 12.2 Å². The van der Waals surface area contributed by atoms with Gasteiger partial charge in [-0.05, 0) is 19.9 Å². The number of rotatable bonds is 3. The van der Waals surface area contributed by atoms with Gasteiger partial charge in [0.15, 0.2) is 5.78 Å². The maximum atomic E-state index is 10.4. The number of carbonyl (C=O) groups is 2. The molecular weight excluding hydrogens is 132 g/mol. The highest BCUT2D eigenvalue weighted by atomic mass is 16.4. The van der Waals surface area contributed by atoms with Crippen LogP contribution in [0.15, 0.2) is 11.6 Å². The molecule has 0 aromatic carbocycles. The molecule has 56 valence electrons. The van der Waals surface area contributed by atoms with E-state index in [1.807, 2.05) is 0 Å². The van der Waals surface area contributed by atoms with Crippen LogP contribution >= 0.6 is 0 Å². The van der Waals surface area contributed by atoms with Crippen LogP contribution in [-0.2, 0) is 9.59 Å². The molecule has 3 nitrogen and oxygen atoms in total. The highest BCUT2D eigenvalue weighted by molar-refractivity contribution is 5.88. The van der Waals surface area contributed by atoms with Gasteiger partial charge in [0.1, 0.15) is 0 Å². The Kier molecular flexibility index (Phi) is 3.39. The van der Waals surface area contributed by atoms with Crippen LogP contribution < -0.4 is 0 Å². The van der Waals surface area contributed by atoms with Crippen molar-refractivity contribution < 1.29 is 14.7 Å². The predicted molar refractivity (Wildman–Crippen MR) is 36.7 cm³/mol. The normalized spacial score (nSPS) is 11.2. The van der Waals surface area contributed by atoms with E-state index < -0.39 is 5.97 Å². The van der Waals surface area contributed by atoms with Crippen molar-refractivity contribution in [3.63, 3.8) is 0 Å². The van der Waals surface area contributed by atoms with E-state index in [9.17, 15) is 9.59 Å². The van der Waals surface area contributed by atoms with Crippen molar-refractivity contribution in [1.29, 1.82) is 0 Å². The lowest BCUT2D eigenvalue weighted by Gasteiger charge is -1.91. The van der Waals surface area contributed by atoms with Gasteiger partial charge >= 0.3 is 5.97 Å². The number of ketones is 1. The third-order valence-electron chi connectivity index (χ3n) is 0.880. The summed E-state index contributed by atoms with van der Waals surface area (Å²) in [7, 11) is 0. The Hall–Kier alpha value is -1.12. The largest absolute Gasteiger partial charge is 0.481 e. The van der Waals surface area contributed by atoms with E-state index >= 15 is 0 Å². The average Bonchev–Trinajstić information content (AvgIpc) is 1.58. The van der Waals surface area contributed by atoms with Crippen molar-refractivity contribution in [2.45, 2.75) is 20.3 Å². The lowest BCUT2D eigenvalue weighted by atomic mass is 10.2. The summed E-state index contributed by atoms with van der Waals surface area (Å²) in [5, 5.41) is 8.24. The Morgan fingerprint density at radius 2 is 1.90 bits per heavy atom. The molecule has 0 radical (unpaired) electrons. The Morgan fingerprint density at radius 1 is 1.40 bits per heavy atom. The maximum absolute atomic E-state index is 10.4. The molecule has 10 heavy (non-hydrogen) atoms. The monoisotopic (exact) mass is 142 g/mol. The number of hydrogen-bond acceptors (Lipinski definition) is 2. The summed E-state index contributed by atoms with van der Waals surface area (Å²) in [6.07, 6.45) is 1.27. The molecule has 1 N–H and O–H groups in total. The third-order valence-corrected chi connectivity index (χ3v) is 0.880. The van der Waals surface area contributed by atoms with Crippen molar-refractivity contribution in [3.8, 4) is 0 Å². The Bertz CT molecular complexity index is 179. The summed E-state index contributed by atoms with van der Waals surface area (Å²) in [5.74, 6) is -1.02. The van der Waals surface area contributed by atoms with Crippen LogP contribution in [0.5, 0.6) is 0 Å². The van der Waals surface area contributed by atoms with Crippen LogP contribution in [-0.4, -0.2) is 16.9 Å². The zero-order valence-electron chi connectivity index (χ0n) is 6.05. The van der Waals surface area contributed by atoms with Crippen LogP contribution in [0.2, 0.25) is 0 Å². The topological polar surface area (TPSA) is 54.4 Å². The molecule has 0 bridgehead atoms. The first-order chi connectivity index (χ1) is 4.52. The Labute approximate surface area is 59.4 Å². The van der Waals surface area contributed by atoms with Crippen LogP contribution in [0.3, 0.4) is 0 Å². The fourth-order valence-electron chi connectivity index (χ4n) is 0.637. The fraction of sp³-hybridized carbons (Fsp3) is 0.429. The van der Waals surface area contributed by atoms with Crippen LogP contribution in [0.4, 0.5) is 0 Å². The summed E-state index contributed by atoms with van der Waals surface area (Å²) < 4.78 is 0. The number of aliphatic carboxylic acids is 1. The van der Waals surface area contributed by atoms with Crippen molar-refractivity contribution in [1.82, 2.24) is 0 Å². The molecular formula is C7H10O3. The smallest absolute Gasteiger partial charge is 0.307 e. The second-order valence-electron chi connectivity index (χ2n) is 2.17. The molecule has 0 spiro atoms. The van der Waals surface area contributed by atoms with Crippen molar-refractivity contribution in [2.75, 3.05) is 0 Å². The highest BCUT2D eigenvalue weighted by Gasteiger charge is 1.98. The van der Waals surface area contributed by atoms with Crippen molar-refractivity contribution in [2.24, 2.45) is 0 Å². The molecule has 0 amide bonds. The molecule has 0 aliphatic rings. The van der Waals surface area contributed by atoms with Crippen LogP contribution in [0, 0.1) is 0 Å². The second-order valence-corrected chi connectivity index (χ2v) is 2.17. The first kappa shape index (κ1) is 8.88. The van der Waals surface area contributed by atoms with Gasteiger partial charge in [-0.15, -0.1) is 0 Å². The molecule has 0 unspecified atom stereocenters. The van der Waals surface area contributed by atoms with Gasteiger partial charge in [-0.2, -0.15) is 0 Å². The van der Waals surface area contributed by atoms with E-state index in [1.165, 1.54) is 13.0 Å². The van der Waals surface area contributed by atoms with E-state index in [2.05, 4.69) is 0 Å². The molecule has 0 rings (SSSR count). The summed E-state index contributed by atoms with van der Waals surface area (Å²) >= 11 is 0. The van der Waals surface area contributed by atoms with Gasteiger partial charge in [0, 0.05) is 0 Å². The minimum absolute atomic E-state index is 0.0560. The molecule has 0 aliphatic carbocycles. The summed E-state index contributed by atoms with van der Waals surface area (Å²) in [6.45, 7) is 3.01. The predicted octanol–water partition coefficient (Wildman–Crippen LogP) is 0.996. The zero-order valence-corrected chi connectivity index (χ0v) is 6.05. The number of carbonyl (C=O) groups excluding carboxylic acids is 1. The Morgan fingerprint density at radius 3 is 2.20 bits per heavy atom. The molecule has 0 atom stereocenters. The van der Waals surface area contributed by atoms with Crippen LogP contribution in [0.1, 0.15) is 20.3 Å². The van der Waals surface area contributed by atoms with Gasteiger partial charge in [0.25, 0.3) is 0 Å². The van der Waals surface area contributed by atoms with Crippen LogP contribution in [0.25, 0.3) is 0 Å². The molecule has 0 aromatic heterocycles. The standard InChI is InChI=1S/C7H10O3/c1-5(3-6(2)8)4-7(9)10/h3H,4H2,1-2H3,(H,9,10)/b5-3-. The van der Waals surface area contributed by atoms with E-state index in [0.29, 0.717) is 5.57 Å². The highest BCUT2D eigenvalue weighted by Crippen LogP contribution is 1.98. The molecule has 0 saturated carbocycles. The van der Waals surface area contributed by atoms with Gasteiger partial charge < -0.3 is 5.11 Å². The lowest BCUT2D eigenvalue weighted by molar-refractivity contribution is -0.136.